The zero-order valence-corrected chi connectivity index (χ0v) is 15.4. The molecule has 0 aliphatic heterocycles. The van der Waals surface area contributed by atoms with E-state index in [0.717, 1.165) is 19.4 Å². The SMILES string of the molecule is CC(C)C1=C2C3=CC=C(CNCCO)CC(O)C3CCC2(C)CC1. The first-order valence-corrected chi connectivity index (χ1v) is 9.59. The van der Waals surface area contributed by atoms with Gasteiger partial charge in [-0.1, -0.05) is 44.1 Å². The third kappa shape index (κ3) is 3.26. The summed E-state index contributed by atoms with van der Waals surface area (Å²) in [6.07, 6.45) is 9.77. The molecule has 0 bridgehead atoms. The molecule has 0 radical (unpaired) electrons. The van der Waals surface area contributed by atoms with Gasteiger partial charge < -0.3 is 15.5 Å². The minimum absolute atomic E-state index is 0.155. The Labute approximate surface area is 146 Å². The summed E-state index contributed by atoms with van der Waals surface area (Å²) in [5.41, 5.74) is 6.16. The van der Waals surface area contributed by atoms with Crippen LogP contribution in [0.5, 0.6) is 0 Å². The lowest BCUT2D eigenvalue weighted by Gasteiger charge is -2.41. The van der Waals surface area contributed by atoms with Crippen LogP contribution < -0.4 is 5.32 Å². The minimum Gasteiger partial charge on any atom is -0.395 e. The lowest BCUT2D eigenvalue weighted by atomic mass is 9.64. The summed E-state index contributed by atoms with van der Waals surface area (Å²) in [5, 5.41) is 23.0. The number of aliphatic hydroxyl groups is 2. The van der Waals surface area contributed by atoms with Gasteiger partial charge in [-0.3, -0.25) is 0 Å². The average Bonchev–Trinajstić information content (AvgIpc) is 2.81. The fourth-order valence-electron chi connectivity index (χ4n) is 4.98. The molecule has 3 nitrogen and oxygen atoms in total. The molecule has 134 valence electrons. The van der Waals surface area contributed by atoms with E-state index in [9.17, 15) is 5.11 Å². The van der Waals surface area contributed by atoms with E-state index >= 15 is 0 Å². The Hall–Kier alpha value is -0.900. The highest BCUT2D eigenvalue weighted by Gasteiger charge is 2.45. The third-order valence-corrected chi connectivity index (χ3v) is 6.34. The summed E-state index contributed by atoms with van der Waals surface area (Å²) in [5.74, 6) is 0.878. The molecule has 3 rings (SSSR count). The molecule has 3 aliphatic rings. The second-order valence-corrected chi connectivity index (χ2v) is 8.38. The van der Waals surface area contributed by atoms with Crippen molar-refractivity contribution in [1.29, 1.82) is 0 Å². The predicted octanol–water partition coefficient (Wildman–Crippen LogP) is 3.35. The van der Waals surface area contributed by atoms with Crippen LogP contribution in [0, 0.1) is 17.3 Å². The van der Waals surface area contributed by atoms with Crippen molar-refractivity contribution in [2.45, 2.75) is 59.0 Å². The molecule has 1 saturated carbocycles. The first kappa shape index (κ1) is 17.9. The normalized spacial score (nSPS) is 33.1. The molecule has 0 amide bonds. The van der Waals surface area contributed by atoms with Gasteiger partial charge in [-0.15, -0.1) is 0 Å². The van der Waals surface area contributed by atoms with E-state index in [1.54, 1.807) is 11.1 Å². The molecule has 0 aromatic heterocycles. The smallest absolute Gasteiger partial charge is 0.0646 e. The van der Waals surface area contributed by atoms with Gasteiger partial charge in [-0.2, -0.15) is 0 Å². The van der Waals surface area contributed by atoms with Crippen LogP contribution in [0.25, 0.3) is 0 Å². The van der Waals surface area contributed by atoms with Gasteiger partial charge in [0.15, 0.2) is 0 Å². The summed E-state index contributed by atoms with van der Waals surface area (Å²) in [6, 6.07) is 0. The van der Waals surface area contributed by atoms with Crippen molar-refractivity contribution >= 4 is 0 Å². The summed E-state index contributed by atoms with van der Waals surface area (Å²) >= 11 is 0. The quantitative estimate of drug-likeness (QED) is 0.677. The summed E-state index contributed by atoms with van der Waals surface area (Å²) in [4.78, 5) is 0. The number of allylic oxidation sites excluding steroid dienone is 4. The van der Waals surface area contributed by atoms with E-state index in [1.165, 1.54) is 30.4 Å². The Bertz CT molecular complexity index is 572. The molecule has 0 heterocycles. The highest BCUT2D eigenvalue weighted by atomic mass is 16.3. The Balaban J connectivity index is 1.94. The van der Waals surface area contributed by atoms with Gasteiger partial charge in [0.25, 0.3) is 0 Å². The van der Waals surface area contributed by atoms with E-state index in [2.05, 4.69) is 38.2 Å². The Morgan fingerprint density at radius 3 is 2.79 bits per heavy atom. The number of fused-ring (bicyclic) bond motifs is 3. The molecule has 3 aliphatic carbocycles. The molecule has 0 aromatic rings. The first-order chi connectivity index (χ1) is 11.5. The second kappa shape index (κ2) is 7.15. The monoisotopic (exact) mass is 331 g/mol. The largest absolute Gasteiger partial charge is 0.395 e. The summed E-state index contributed by atoms with van der Waals surface area (Å²) < 4.78 is 0. The van der Waals surface area contributed by atoms with Gasteiger partial charge in [0, 0.05) is 19.0 Å². The van der Waals surface area contributed by atoms with E-state index in [1.807, 2.05) is 0 Å². The maximum atomic E-state index is 10.9. The number of hydrogen-bond acceptors (Lipinski definition) is 3. The topological polar surface area (TPSA) is 52.5 Å². The predicted molar refractivity (Wildman–Crippen MR) is 98.7 cm³/mol. The van der Waals surface area contributed by atoms with E-state index < -0.39 is 0 Å². The summed E-state index contributed by atoms with van der Waals surface area (Å²) in [6.45, 7) is 8.56. The van der Waals surface area contributed by atoms with Gasteiger partial charge >= 0.3 is 0 Å². The number of rotatable bonds is 5. The summed E-state index contributed by atoms with van der Waals surface area (Å²) in [7, 11) is 0. The molecule has 3 atom stereocenters. The zero-order chi connectivity index (χ0) is 17.3. The molecular weight excluding hydrogens is 298 g/mol. The van der Waals surface area contributed by atoms with Crippen LogP contribution in [0.3, 0.4) is 0 Å². The average molecular weight is 332 g/mol. The van der Waals surface area contributed by atoms with Crippen LogP contribution >= 0.6 is 0 Å². The van der Waals surface area contributed by atoms with Gasteiger partial charge in [0.05, 0.1) is 12.7 Å². The van der Waals surface area contributed by atoms with E-state index in [4.69, 9.17) is 5.11 Å². The van der Waals surface area contributed by atoms with Gasteiger partial charge in [-0.25, -0.2) is 0 Å². The Morgan fingerprint density at radius 1 is 1.29 bits per heavy atom. The molecule has 0 saturated heterocycles. The van der Waals surface area contributed by atoms with Crippen molar-refractivity contribution in [3.05, 3.63) is 34.4 Å². The molecule has 0 aromatic carbocycles. The maximum Gasteiger partial charge on any atom is 0.0646 e. The fourth-order valence-corrected chi connectivity index (χ4v) is 4.98. The van der Waals surface area contributed by atoms with Crippen molar-refractivity contribution < 1.29 is 10.2 Å². The maximum absolute atomic E-state index is 10.9. The van der Waals surface area contributed by atoms with Crippen LogP contribution in [0.15, 0.2) is 34.4 Å². The zero-order valence-electron chi connectivity index (χ0n) is 15.4. The van der Waals surface area contributed by atoms with Gasteiger partial charge in [0.2, 0.25) is 0 Å². The number of hydrogen-bond donors (Lipinski definition) is 3. The van der Waals surface area contributed by atoms with Crippen molar-refractivity contribution in [1.82, 2.24) is 5.32 Å². The molecular formula is C21H33NO2. The van der Waals surface area contributed by atoms with Crippen LogP contribution in [-0.4, -0.2) is 36.0 Å². The van der Waals surface area contributed by atoms with Crippen LogP contribution in [0.1, 0.15) is 52.9 Å². The number of aliphatic hydroxyl groups excluding tert-OH is 2. The van der Waals surface area contributed by atoms with E-state index in [0.29, 0.717) is 17.9 Å². The molecule has 0 spiro atoms. The van der Waals surface area contributed by atoms with E-state index in [-0.39, 0.29) is 18.6 Å². The van der Waals surface area contributed by atoms with Crippen LogP contribution in [-0.2, 0) is 0 Å². The first-order valence-electron chi connectivity index (χ1n) is 9.59. The minimum atomic E-state index is -0.285. The van der Waals surface area contributed by atoms with Crippen molar-refractivity contribution in [2.24, 2.45) is 17.3 Å². The standard InChI is InChI=1S/C21H33NO2/c1-14(2)16-6-8-21(3)9-7-17-18(20(16)21)5-4-15(12-19(17)24)13-22-10-11-23/h4-5,14,17,19,22-24H,6-13H2,1-3H3. The third-order valence-electron chi connectivity index (χ3n) is 6.34. The second-order valence-electron chi connectivity index (χ2n) is 8.38. The lowest BCUT2D eigenvalue weighted by molar-refractivity contribution is 0.103. The highest BCUT2D eigenvalue weighted by molar-refractivity contribution is 5.50. The fraction of sp³-hybridized carbons (Fsp3) is 0.714. The molecule has 1 fully saturated rings. The van der Waals surface area contributed by atoms with Gasteiger partial charge in [-0.05, 0) is 54.6 Å². The molecule has 3 heteroatoms. The van der Waals surface area contributed by atoms with Gasteiger partial charge in [0.1, 0.15) is 0 Å². The van der Waals surface area contributed by atoms with Crippen molar-refractivity contribution in [2.75, 3.05) is 19.7 Å². The Morgan fingerprint density at radius 2 is 2.08 bits per heavy atom. The van der Waals surface area contributed by atoms with Crippen molar-refractivity contribution in [3.63, 3.8) is 0 Å². The van der Waals surface area contributed by atoms with Crippen LogP contribution in [0.4, 0.5) is 0 Å². The van der Waals surface area contributed by atoms with Crippen LogP contribution in [0.2, 0.25) is 0 Å². The van der Waals surface area contributed by atoms with Crippen molar-refractivity contribution in [3.8, 4) is 0 Å². The highest BCUT2D eigenvalue weighted by Crippen LogP contribution is 2.57. The molecule has 24 heavy (non-hydrogen) atoms. The lowest BCUT2D eigenvalue weighted by Crippen LogP contribution is -2.33. The Kier molecular flexibility index (Phi) is 5.33. The molecule has 3 unspecified atom stereocenters. The molecule has 3 N–H and O–H groups in total. The number of nitrogens with one attached hydrogen (secondary N) is 1.